The average Bonchev–Trinajstić information content (AvgIpc) is 2.56. The lowest BCUT2D eigenvalue weighted by Gasteiger charge is -2.12. The SMILES string of the molecule is CC(C)C12CC1C(=S)NC2=O. The summed E-state index contributed by atoms with van der Waals surface area (Å²) >= 11 is 5.02. The number of fused-ring (bicyclic) bond motifs is 1. The Morgan fingerprint density at radius 1 is 1.73 bits per heavy atom. The summed E-state index contributed by atoms with van der Waals surface area (Å²) in [6, 6.07) is 0. The lowest BCUT2D eigenvalue weighted by Crippen LogP contribution is -2.30. The highest BCUT2D eigenvalue weighted by molar-refractivity contribution is 7.80. The van der Waals surface area contributed by atoms with E-state index in [-0.39, 0.29) is 11.3 Å². The maximum absolute atomic E-state index is 11.4. The van der Waals surface area contributed by atoms with Crippen molar-refractivity contribution in [2.45, 2.75) is 20.3 Å². The Bertz CT molecular complexity index is 248. The van der Waals surface area contributed by atoms with Crippen LogP contribution in [0.2, 0.25) is 0 Å². The maximum Gasteiger partial charge on any atom is 0.231 e. The van der Waals surface area contributed by atoms with Crippen molar-refractivity contribution >= 4 is 23.1 Å². The second-order valence-electron chi connectivity index (χ2n) is 3.77. The third-order valence-corrected chi connectivity index (χ3v) is 3.40. The lowest BCUT2D eigenvalue weighted by molar-refractivity contribution is -0.125. The molecule has 2 aliphatic rings. The van der Waals surface area contributed by atoms with E-state index in [0.29, 0.717) is 11.8 Å². The second kappa shape index (κ2) is 1.83. The molecule has 1 saturated heterocycles. The van der Waals surface area contributed by atoms with E-state index in [1.165, 1.54) is 0 Å². The molecule has 60 valence electrons. The normalized spacial score (nSPS) is 40.8. The Labute approximate surface area is 71.4 Å². The van der Waals surface area contributed by atoms with Crippen LogP contribution in [0.4, 0.5) is 0 Å². The second-order valence-corrected chi connectivity index (χ2v) is 4.21. The summed E-state index contributed by atoms with van der Waals surface area (Å²) in [6.07, 6.45) is 0.981. The van der Waals surface area contributed by atoms with E-state index in [1.807, 2.05) is 0 Å². The van der Waals surface area contributed by atoms with Crippen molar-refractivity contribution in [2.75, 3.05) is 0 Å². The van der Waals surface area contributed by atoms with Crippen LogP contribution in [0.15, 0.2) is 0 Å². The average molecular weight is 169 g/mol. The van der Waals surface area contributed by atoms with E-state index in [9.17, 15) is 4.79 Å². The van der Waals surface area contributed by atoms with Crippen LogP contribution in [-0.4, -0.2) is 10.9 Å². The molecule has 3 heteroatoms. The third-order valence-electron chi connectivity index (χ3n) is 3.01. The zero-order chi connectivity index (χ0) is 8.22. The molecule has 1 aliphatic heterocycles. The molecule has 2 rings (SSSR count). The van der Waals surface area contributed by atoms with Gasteiger partial charge in [-0.15, -0.1) is 0 Å². The Balaban J connectivity index is 2.32. The Morgan fingerprint density at radius 3 is 2.55 bits per heavy atom. The van der Waals surface area contributed by atoms with Crippen molar-refractivity contribution in [1.29, 1.82) is 0 Å². The fraction of sp³-hybridized carbons (Fsp3) is 0.750. The van der Waals surface area contributed by atoms with Gasteiger partial charge < -0.3 is 5.32 Å². The molecule has 1 heterocycles. The van der Waals surface area contributed by atoms with Crippen molar-refractivity contribution in [3.63, 3.8) is 0 Å². The van der Waals surface area contributed by atoms with Gasteiger partial charge in [-0.25, -0.2) is 0 Å². The molecular formula is C8H11NOS. The molecule has 0 spiro atoms. The van der Waals surface area contributed by atoms with E-state index in [0.717, 1.165) is 11.4 Å². The number of hydrogen-bond acceptors (Lipinski definition) is 2. The molecule has 1 amide bonds. The standard InChI is InChI=1S/C8H11NOS/c1-4(2)8-3-5(8)6(11)9-7(8)10/h4-5H,3H2,1-2H3,(H,9,10,11). The molecule has 0 aromatic carbocycles. The highest BCUT2D eigenvalue weighted by Crippen LogP contribution is 2.61. The smallest absolute Gasteiger partial charge is 0.231 e. The van der Waals surface area contributed by atoms with E-state index < -0.39 is 0 Å². The minimum absolute atomic E-state index is 0.100. The van der Waals surface area contributed by atoms with E-state index in [4.69, 9.17) is 12.2 Å². The number of rotatable bonds is 1. The fourth-order valence-corrected chi connectivity index (χ4v) is 2.46. The number of amides is 1. The number of hydrogen-bond donors (Lipinski definition) is 1. The van der Waals surface area contributed by atoms with Crippen molar-refractivity contribution < 1.29 is 4.79 Å². The Kier molecular flexibility index (Phi) is 1.20. The first kappa shape index (κ1) is 7.22. The van der Waals surface area contributed by atoms with Crippen LogP contribution in [0.1, 0.15) is 20.3 Å². The number of thiocarbonyl (C=S) groups is 1. The third kappa shape index (κ3) is 0.670. The monoisotopic (exact) mass is 169 g/mol. The summed E-state index contributed by atoms with van der Waals surface area (Å²) in [7, 11) is 0. The van der Waals surface area contributed by atoms with E-state index >= 15 is 0 Å². The largest absolute Gasteiger partial charge is 0.320 e. The van der Waals surface area contributed by atoms with Crippen molar-refractivity contribution in [1.82, 2.24) is 5.32 Å². The fourth-order valence-electron chi connectivity index (χ4n) is 2.07. The molecule has 2 atom stereocenters. The lowest BCUT2D eigenvalue weighted by atomic mass is 9.91. The summed E-state index contributed by atoms with van der Waals surface area (Å²) < 4.78 is 0. The first-order valence-electron chi connectivity index (χ1n) is 3.94. The molecule has 11 heavy (non-hydrogen) atoms. The van der Waals surface area contributed by atoms with Gasteiger partial charge in [0.1, 0.15) is 0 Å². The minimum atomic E-state index is -0.100. The highest BCUT2D eigenvalue weighted by Gasteiger charge is 2.67. The number of nitrogens with one attached hydrogen (secondary N) is 1. The summed E-state index contributed by atoms with van der Waals surface area (Å²) in [4.78, 5) is 12.2. The van der Waals surface area contributed by atoms with E-state index in [2.05, 4.69) is 19.2 Å². The van der Waals surface area contributed by atoms with Crippen LogP contribution < -0.4 is 5.32 Å². The van der Waals surface area contributed by atoms with Crippen molar-refractivity contribution in [3.8, 4) is 0 Å². The van der Waals surface area contributed by atoms with Gasteiger partial charge in [-0.05, 0) is 12.3 Å². The van der Waals surface area contributed by atoms with Gasteiger partial charge in [0.15, 0.2) is 0 Å². The quantitative estimate of drug-likeness (QED) is 0.596. The summed E-state index contributed by atoms with van der Waals surface area (Å²) in [5.41, 5.74) is -0.100. The Hall–Kier alpha value is -0.440. The van der Waals surface area contributed by atoms with Gasteiger partial charge in [-0.2, -0.15) is 0 Å². The highest BCUT2D eigenvalue weighted by atomic mass is 32.1. The minimum Gasteiger partial charge on any atom is -0.320 e. The van der Waals surface area contributed by atoms with Gasteiger partial charge in [-0.3, -0.25) is 4.79 Å². The van der Waals surface area contributed by atoms with Crippen LogP contribution in [-0.2, 0) is 4.79 Å². The van der Waals surface area contributed by atoms with Crippen LogP contribution in [0.5, 0.6) is 0 Å². The first-order valence-corrected chi connectivity index (χ1v) is 4.35. The van der Waals surface area contributed by atoms with Crippen LogP contribution in [0.25, 0.3) is 0 Å². The zero-order valence-corrected chi connectivity index (χ0v) is 7.49. The van der Waals surface area contributed by atoms with Gasteiger partial charge in [-0.1, -0.05) is 26.1 Å². The Morgan fingerprint density at radius 2 is 2.36 bits per heavy atom. The zero-order valence-electron chi connectivity index (χ0n) is 6.68. The molecule has 1 saturated carbocycles. The summed E-state index contributed by atoms with van der Waals surface area (Å²) in [5, 5.41) is 2.73. The first-order chi connectivity index (χ1) is 5.09. The molecule has 0 aromatic heterocycles. The molecular weight excluding hydrogens is 158 g/mol. The van der Waals surface area contributed by atoms with Crippen molar-refractivity contribution in [2.24, 2.45) is 17.3 Å². The molecule has 0 radical (unpaired) electrons. The summed E-state index contributed by atoms with van der Waals surface area (Å²) in [5.74, 6) is 0.945. The van der Waals surface area contributed by atoms with E-state index in [1.54, 1.807) is 0 Å². The van der Waals surface area contributed by atoms with Gasteiger partial charge in [0.05, 0.1) is 10.4 Å². The topological polar surface area (TPSA) is 29.1 Å². The predicted octanol–water partition coefficient (Wildman–Crippen LogP) is 1.11. The summed E-state index contributed by atoms with van der Waals surface area (Å²) in [6.45, 7) is 4.18. The molecule has 1 N–H and O–H groups in total. The molecule has 0 aromatic rings. The number of piperidine rings is 1. The van der Waals surface area contributed by atoms with Crippen molar-refractivity contribution in [3.05, 3.63) is 0 Å². The number of carbonyl (C=O) groups excluding carboxylic acids is 1. The number of carbonyl (C=O) groups is 1. The van der Waals surface area contributed by atoms with Crippen LogP contribution in [0.3, 0.4) is 0 Å². The molecule has 2 unspecified atom stereocenters. The van der Waals surface area contributed by atoms with Crippen LogP contribution in [0, 0.1) is 17.3 Å². The molecule has 2 nitrogen and oxygen atoms in total. The molecule has 2 fully saturated rings. The molecule has 1 aliphatic carbocycles. The maximum atomic E-state index is 11.4. The predicted molar refractivity (Wildman–Crippen MR) is 46.1 cm³/mol. The van der Waals surface area contributed by atoms with Gasteiger partial charge in [0, 0.05) is 5.92 Å². The van der Waals surface area contributed by atoms with Crippen LogP contribution >= 0.6 is 12.2 Å². The van der Waals surface area contributed by atoms with Gasteiger partial charge >= 0.3 is 0 Å². The molecule has 0 bridgehead atoms. The van der Waals surface area contributed by atoms with Gasteiger partial charge in [0.25, 0.3) is 0 Å². The van der Waals surface area contributed by atoms with Gasteiger partial charge in [0.2, 0.25) is 5.91 Å².